The van der Waals surface area contributed by atoms with Gasteiger partial charge in [-0.1, -0.05) is 13.8 Å². The maximum absolute atomic E-state index is 3.76. The first-order valence-corrected chi connectivity index (χ1v) is 6.53. The highest BCUT2D eigenvalue weighted by Gasteiger charge is 2.22. The molecular formula is C13H28N2. The van der Waals surface area contributed by atoms with Crippen molar-refractivity contribution in [1.29, 1.82) is 0 Å². The summed E-state index contributed by atoms with van der Waals surface area (Å²) in [5.74, 6) is 0.902. The minimum atomic E-state index is 0.364. The summed E-state index contributed by atoms with van der Waals surface area (Å²) in [7, 11) is 2.23. The van der Waals surface area contributed by atoms with Crippen molar-refractivity contribution in [2.75, 3.05) is 26.7 Å². The smallest absolute Gasteiger partial charge is 0.0148 e. The van der Waals surface area contributed by atoms with Crippen LogP contribution >= 0.6 is 0 Å². The van der Waals surface area contributed by atoms with E-state index in [0.717, 1.165) is 5.92 Å². The third kappa shape index (κ3) is 4.12. The lowest BCUT2D eigenvalue weighted by molar-refractivity contribution is 0.200. The van der Waals surface area contributed by atoms with Gasteiger partial charge in [-0.3, -0.25) is 0 Å². The summed E-state index contributed by atoms with van der Waals surface area (Å²) in [6.45, 7) is 10.7. The molecule has 0 aromatic carbocycles. The molecule has 90 valence electrons. The number of nitrogens with zero attached hydrogens (tertiary/aromatic N) is 1. The van der Waals surface area contributed by atoms with Crippen LogP contribution in [-0.4, -0.2) is 37.1 Å². The second kappa shape index (κ2) is 5.86. The van der Waals surface area contributed by atoms with Gasteiger partial charge in [0.05, 0.1) is 0 Å². The van der Waals surface area contributed by atoms with Crippen LogP contribution in [0.4, 0.5) is 0 Å². The van der Waals surface area contributed by atoms with Crippen LogP contribution in [0.15, 0.2) is 0 Å². The lowest BCUT2D eigenvalue weighted by atomic mass is 9.92. The molecule has 1 fully saturated rings. The van der Waals surface area contributed by atoms with E-state index in [4.69, 9.17) is 0 Å². The molecule has 15 heavy (non-hydrogen) atoms. The largest absolute Gasteiger partial charge is 0.311 e. The van der Waals surface area contributed by atoms with E-state index >= 15 is 0 Å². The molecule has 1 aliphatic heterocycles. The molecule has 0 aromatic heterocycles. The molecule has 2 heteroatoms. The first-order valence-electron chi connectivity index (χ1n) is 6.53. The molecule has 2 nitrogen and oxygen atoms in total. The van der Waals surface area contributed by atoms with Gasteiger partial charge in [0.25, 0.3) is 0 Å². The van der Waals surface area contributed by atoms with Crippen molar-refractivity contribution in [1.82, 2.24) is 10.2 Å². The number of hydrogen-bond donors (Lipinski definition) is 1. The number of nitrogens with one attached hydrogen (secondary N) is 1. The van der Waals surface area contributed by atoms with E-state index < -0.39 is 0 Å². The molecule has 1 rings (SSSR count). The first-order chi connectivity index (χ1) is 7.09. The first kappa shape index (κ1) is 13.0. The molecule has 0 radical (unpaired) electrons. The Hall–Kier alpha value is -0.0800. The molecule has 0 spiro atoms. The summed E-state index contributed by atoms with van der Waals surface area (Å²) in [6, 6.07) is 0. The van der Waals surface area contributed by atoms with Crippen LogP contribution in [0.3, 0.4) is 0 Å². The molecule has 0 bridgehead atoms. The number of likely N-dealkylation sites (tertiary alicyclic amines) is 1. The van der Waals surface area contributed by atoms with E-state index in [2.05, 4.69) is 38.0 Å². The Morgan fingerprint density at radius 2 is 1.73 bits per heavy atom. The minimum absolute atomic E-state index is 0.364. The van der Waals surface area contributed by atoms with Gasteiger partial charge in [0.1, 0.15) is 0 Å². The molecule has 0 amide bonds. The predicted octanol–water partition coefficient (Wildman–Crippen LogP) is 2.50. The topological polar surface area (TPSA) is 15.3 Å². The van der Waals surface area contributed by atoms with Crippen LogP contribution in [0, 0.1) is 5.92 Å². The van der Waals surface area contributed by atoms with Crippen LogP contribution in [0.25, 0.3) is 0 Å². The van der Waals surface area contributed by atoms with Crippen LogP contribution in [0.2, 0.25) is 0 Å². The van der Waals surface area contributed by atoms with Crippen LogP contribution in [0.1, 0.15) is 46.5 Å². The zero-order valence-corrected chi connectivity index (χ0v) is 11.0. The number of rotatable bonds is 5. The molecule has 0 atom stereocenters. The maximum Gasteiger partial charge on any atom is 0.0148 e. The molecule has 0 unspecified atom stereocenters. The zero-order valence-electron chi connectivity index (χ0n) is 11.0. The predicted molar refractivity (Wildman–Crippen MR) is 67.2 cm³/mol. The Morgan fingerprint density at radius 1 is 1.20 bits per heavy atom. The average molecular weight is 212 g/mol. The zero-order chi connectivity index (χ0) is 11.3. The Balaban J connectivity index is 2.24. The van der Waals surface area contributed by atoms with Crippen molar-refractivity contribution in [2.45, 2.75) is 52.0 Å². The van der Waals surface area contributed by atoms with Crippen LogP contribution in [-0.2, 0) is 0 Å². The Bertz CT molecular complexity index is 167. The van der Waals surface area contributed by atoms with Gasteiger partial charge in [0.2, 0.25) is 0 Å². The molecule has 1 heterocycles. The summed E-state index contributed by atoms with van der Waals surface area (Å²) in [4.78, 5) is 2.44. The Morgan fingerprint density at radius 3 is 2.20 bits per heavy atom. The summed E-state index contributed by atoms with van der Waals surface area (Å²) >= 11 is 0. The minimum Gasteiger partial charge on any atom is -0.311 e. The summed E-state index contributed by atoms with van der Waals surface area (Å²) in [5.41, 5.74) is 0.364. The molecule has 0 aliphatic carbocycles. The SMILES string of the molecule is CCC(C)(CC)NCC1CCN(C)CC1. The second-order valence-corrected chi connectivity index (χ2v) is 5.40. The van der Waals surface area contributed by atoms with Crippen molar-refractivity contribution in [3.8, 4) is 0 Å². The van der Waals surface area contributed by atoms with Gasteiger partial charge in [0.15, 0.2) is 0 Å². The van der Waals surface area contributed by atoms with Crippen molar-refractivity contribution in [2.24, 2.45) is 5.92 Å². The fourth-order valence-corrected chi connectivity index (χ4v) is 2.16. The lowest BCUT2D eigenvalue weighted by Crippen LogP contribution is -2.45. The highest BCUT2D eigenvalue weighted by Crippen LogP contribution is 2.18. The highest BCUT2D eigenvalue weighted by atomic mass is 15.1. The lowest BCUT2D eigenvalue weighted by Gasteiger charge is -2.34. The highest BCUT2D eigenvalue weighted by molar-refractivity contribution is 4.82. The van der Waals surface area contributed by atoms with Gasteiger partial charge < -0.3 is 10.2 Å². The van der Waals surface area contributed by atoms with E-state index in [9.17, 15) is 0 Å². The Kier molecular flexibility index (Phi) is 5.07. The fourth-order valence-electron chi connectivity index (χ4n) is 2.16. The Labute approximate surface area is 95.4 Å². The third-order valence-corrected chi connectivity index (χ3v) is 4.22. The van der Waals surface area contributed by atoms with E-state index in [-0.39, 0.29) is 0 Å². The molecule has 1 N–H and O–H groups in total. The second-order valence-electron chi connectivity index (χ2n) is 5.40. The maximum atomic E-state index is 3.76. The van der Waals surface area contributed by atoms with Gasteiger partial charge in [-0.25, -0.2) is 0 Å². The number of piperidine rings is 1. The van der Waals surface area contributed by atoms with E-state index in [1.165, 1.54) is 45.3 Å². The number of hydrogen-bond acceptors (Lipinski definition) is 2. The standard InChI is InChI=1S/C13H28N2/c1-5-13(3,6-2)14-11-12-7-9-15(4)10-8-12/h12,14H,5-11H2,1-4H3. The van der Waals surface area contributed by atoms with Crippen LogP contribution in [0.5, 0.6) is 0 Å². The van der Waals surface area contributed by atoms with Crippen molar-refractivity contribution in [3.05, 3.63) is 0 Å². The molecule has 1 saturated heterocycles. The average Bonchev–Trinajstić information content (AvgIpc) is 2.28. The quantitative estimate of drug-likeness (QED) is 0.753. The van der Waals surface area contributed by atoms with Gasteiger partial charge in [0, 0.05) is 5.54 Å². The van der Waals surface area contributed by atoms with E-state index in [0.29, 0.717) is 5.54 Å². The fraction of sp³-hybridized carbons (Fsp3) is 1.00. The third-order valence-electron chi connectivity index (χ3n) is 4.22. The van der Waals surface area contributed by atoms with Gasteiger partial charge >= 0.3 is 0 Å². The molecular weight excluding hydrogens is 184 g/mol. The summed E-state index contributed by atoms with van der Waals surface area (Å²) in [5, 5.41) is 3.76. The monoisotopic (exact) mass is 212 g/mol. The van der Waals surface area contributed by atoms with E-state index in [1.807, 2.05) is 0 Å². The van der Waals surface area contributed by atoms with E-state index in [1.54, 1.807) is 0 Å². The van der Waals surface area contributed by atoms with Crippen LogP contribution < -0.4 is 5.32 Å². The van der Waals surface area contributed by atoms with Crippen molar-refractivity contribution < 1.29 is 0 Å². The molecule has 1 aliphatic rings. The normalized spacial score (nSPS) is 20.8. The van der Waals surface area contributed by atoms with Crippen molar-refractivity contribution in [3.63, 3.8) is 0 Å². The van der Waals surface area contributed by atoms with Gasteiger partial charge in [-0.15, -0.1) is 0 Å². The van der Waals surface area contributed by atoms with Crippen molar-refractivity contribution >= 4 is 0 Å². The summed E-state index contributed by atoms with van der Waals surface area (Å²) in [6.07, 6.45) is 5.20. The van der Waals surface area contributed by atoms with Gasteiger partial charge in [-0.2, -0.15) is 0 Å². The molecule has 0 saturated carbocycles. The summed E-state index contributed by atoms with van der Waals surface area (Å²) < 4.78 is 0. The molecule has 0 aromatic rings. The van der Waals surface area contributed by atoms with Gasteiger partial charge in [-0.05, 0) is 65.2 Å².